The predicted molar refractivity (Wildman–Crippen MR) is 60.6 cm³/mol. The summed E-state index contributed by atoms with van der Waals surface area (Å²) in [5.41, 5.74) is 0. The second-order valence-electron chi connectivity index (χ2n) is 4.19. The van der Waals surface area contributed by atoms with Gasteiger partial charge in [0.15, 0.2) is 0 Å². The molecule has 0 heterocycles. The van der Waals surface area contributed by atoms with Crippen LogP contribution in [0.15, 0.2) is 0 Å². The minimum atomic E-state index is -1.79. The van der Waals surface area contributed by atoms with Crippen molar-refractivity contribution in [3.63, 3.8) is 0 Å². The molecule has 0 saturated heterocycles. The van der Waals surface area contributed by atoms with Crippen molar-refractivity contribution < 1.29 is 0 Å². The first-order valence-electron chi connectivity index (χ1n) is 5.00. The van der Waals surface area contributed by atoms with Crippen molar-refractivity contribution >= 4 is 22.6 Å². The molecule has 4 heteroatoms. The summed E-state index contributed by atoms with van der Waals surface area (Å²) in [5, 5.41) is 0. The maximum absolute atomic E-state index is 3.62. The molecule has 0 aliphatic heterocycles. The van der Waals surface area contributed by atoms with Crippen LogP contribution < -0.4 is 9.78 Å². The van der Waals surface area contributed by atoms with E-state index in [0.29, 0.717) is 18.1 Å². The summed E-state index contributed by atoms with van der Waals surface area (Å²) in [5.74, 6) is 0. The van der Waals surface area contributed by atoms with E-state index in [2.05, 4.69) is 51.3 Å². The van der Waals surface area contributed by atoms with Crippen LogP contribution >= 0.6 is 0 Å². The van der Waals surface area contributed by atoms with E-state index in [-0.39, 0.29) is 0 Å². The Labute approximate surface area is 91.9 Å². The van der Waals surface area contributed by atoms with Crippen molar-refractivity contribution in [2.45, 2.75) is 59.7 Å². The minimum absolute atomic E-state index is 0.579. The Morgan fingerprint density at radius 1 is 0.615 bits per heavy atom. The Morgan fingerprint density at radius 2 is 0.846 bits per heavy atom. The summed E-state index contributed by atoms with van der Waals surface area (Å²) in [6.07, 6.45) is 0. The van der Waals surface area contributed by atoms with E-state index in [4.69, 9.17) is 0 Å². The number of hydrogen-bond acceptors (Lipinski definition) is 3. The van der Waals surface area contributed by atoms with Gasteiger partial charge >= 0.3 is 92.1 Å². The summed E-state index contributed by atoms with van der Waals surface area (Å²) in [6.45, 7) is 13.2. The van der Waals surface area contributed by atoms with E-state index in [1.54, 1.807) is 0 Å². The molecule has 0 radical (unpaired) electrons. The zero-order valence-electron chi connectivity index (χ0n) is 9.68. The molecule has 80 valence electrons. The molecule has 0 aliphatic rings. The van der Waals surface area contributed by atoms with Crippen LogP contribution in [0.25, 0.3) is 0 Å². The molecule has 0 aromatic rings. The first-order valence-corrected chi connectivity index (χ1v) is 10.2. The zero-order chi connectivity index (χ0) is 10.4. The van der Waals surface area contributed by atoms with E-state index in [9.17, 15) is 0 Å². The summed E-state index contributed by atoms with van der Waals surface area (Å²) in [7, 11) is 0. The maximum atomic E-state index is 3.62. The van der Waals surface area contributed by atoms with Gasteiger partial charge in [0.25, 0.3) is 0 Å². The average molecular weight is 383 g/mol. The molecule has 13 heavy (non-hydrogen) atoms. The van der Waals surface area contributed by atoms with Crippen molar-refractivity contribution in [1.29, 1.82) is 0 Å². The molecule has 0 amide bonds. The number of hydrogen-bond donors (Lipinski definition) is 3. The van der Waals surface area contributed by atoms with Gasteiger partial charge in [-0.2, -0.15) is 0 Å². The average Bonchev–Trinajstić information content (AvgIpc) is 1.80. The van der Waals surface area contributed by atoms with Gasteiger partial charge in [-0.3, -0.25) is 0 Å². The Bertz CT molecular complexity index is 102. The molecule has 0 saturated carbocycles. The molecular weight excluding hydrogens is 359 g/mol. The Morgan fingerprint density at radius 3 is 1.00 bits per heavy atom. The molecule has 0 rings (SSSR count). The van der Waals surface area contributed by atoms with Gasteiger partial charge in [0.2, 0.25) is 0 Å². The molecule has 0 bridgehead atoms. The second kappa shape index (κ2) is 7.11. The monoisotopic (exact) mass is 383 g/mol. The fraction of sp³-hybridized carbons (Fsp3) is 1.00. The van der Waals surface area contributed by atoms with Crippen LogP contribution in [-0.4, -0.2) is 40.7 Å². The summed E-state index contributed by atoms with van der Waals surface area (Å²) >= 11 is -1.79. The molecule has 0 fully saturated rings. The van der Waals surface area contributed by atoms with Gasteiger partial charge in [0.1, 0.15) is 0 Å². The molecule has 0 atom stereocenters. The van der Waals surface area contributed by atoms with Gasteiger partial charge in [0.05, 0.1) is 0 Å². The quantitative estimate of drug-likeness (QED) is 0.599. The second-order valence-corrected chi connectivity index (χ2v) is 9.81. The molecule has 0 aromatic carbocycles. The van der Waals surface area contributed by atoms with E-state index >= 15 is 0 Å². The SMILES string of the molecule is CC(C)[NH][Bi]([NH]C(C)C)[NH]C(C)C. The van der Waals surface area contributed by atoms with E-state index in [1.165, 1.54) is 0 Å². The van der Waals surface area contributed by atoms with E-state index in [1.807, 2.05) is 0 Å². The summed E-state index contributed by atoms with van der Waals surface area (Å²) in [6, 6.07) is 1.74. The fourth-order valence-corrected chi connectivity index (χ4v) is 7.78. The van der Waals surface area contributed by atoms with Crippen molar-refractivity contribution in [2.75, 3.05) is 0 Å². The Hall–Kier alpha value is 0.763. The van der Waals surface area contributed by atoms with Gasteiger partial charge in [0, 0.05) is 0 Å². The van der Waals surface area contributed by atoms with E-state index < -0.39 is 22.6 Å². The van der Waals surface area contributed by atoms with Crippen molar-refractivity contribution in [2.24, 2.45) is 0 Å². The normalized spacial score (nSPS) is 12.5. The van der Waals surface area contributed by atoms with E-state index in [0.717, 1.165) is 0 Å². The number of rotatable bonds is 6. The van der Waals surface area contributed by atoms with Crippen LogP contribution in [0.5, 0.6) is 0 Å². The van der Waals surface area contributed by atoms with Crippen LogP contribution in [0.2, 0.25) is 0 Å². The van der Waals surface area contributed by atoms with Gasteiger partial charge in [-0.1, -0.05) is 0 Å². The molecular formula is C9H24BiN3. The molecule has 3 N–H and O–H groups in total. The zero-order valence-corrected chi connectivity index (χ0v) is 13.2. The van der Waals surface area contributed by atoms with Crippen LogP contribution in [0.1, 0.15) is 41.5 Å². The van der Waals surface area contributed by atoms with Crippen LogP contribution in [0, 0.1) is 0 Å². The van der Waals surface area contributed by atoms with Gasteiger partial charge in [-0.25, -0.2) is 0 Å². The first-order chi connectivity index (χ1) is 5.91. The molecule has 3 nitrogen and oxygen atoms in total. The van der Waals surface area contributed by atoms with Crippen molar-refractivity contribution in [1.82, 2.24) is 9.78 Å². The predicted octanol–water partition coefficient (Wildman–Crippen LogP) is 0.965. The summed E-state index contributed by atoms with van der Waals surface area (Å²) < 4.78 is 10.9. The Kier molecular flexibility index (Phi) is 7.52. The third kappa shape index (κ3) is 9.08. The number of nitrogens with one attached hydrogen (secondary N) is 3. The van der Waals surface area contributed by atoms with Gasteiger partial charge < -0.3 is 0 Å². The fourth-order valence-electron chi connectivity index (χ4n) is 0.886. The topological polar surface area (TPSA) is 36.1 Å². The van der Waals surface area contributed by atoms with Crippen LogP contribution in [0.4, 0.5) is 0 Å². The molecule has 0 aromatic heterocycles. The first kappa shape index (κ1) is 13.8. The van der Waals surface area contributed by atoms with Gasteiger partial charge in [-0.05, 0) is 0 Å². The Balaban J connectivity index is 3.87. The standard InChI is InChI=1S/3C3H8N.Bi/c3*1-3(2)4;/h3*3-4H,1-2H3;/q3*-1;+3. The van der Waals surface area contributed by atoms with Gasteiger partial charge in [-0.15, -0.1) is 0 Å². The third-order valence-corrected chi connectivity index (χ3v) is 10.2. The molecule has 0 spiro atoms. The van der Waals surface area contributed by atoms with Crippen LogP contribution in [-0.2, 0) is 0 Å². The molecule has 0 unspecified atom stereocenters. The summed E-state index contributed by atoms with van der Waals surface area (Å²) in [4.78, 5) is 0. The van der Waals surface area contributed by atoms with Crippen molar-refractivity contribution in [3.05, 3.63) is 0 Å². The van der Waals surface area contributed by atoms with Crippen molar-refractivity contribution in [3.8, 4) is 0 Å². The third-order valence-electron chi connectivity index (χ3n) is 1.16. The van der Waals surface area contributed by atoms with Crippen LogP contribution in [0.3, 0.4) is 0 Å². The molecule has 0 aliphatic carbocycles.